The van der Waals surface area contributed by atoms with Crippen molar-refractivity contribution in [3.05, 3.63) is 28.8 Å². The molecule has 1 saturated carbocycles. The Labute approximate surface area is 114 Å². The molecule has 1 aliphatic rings. The number of halogens is 1. The minimum atomic E-state index is 0.211. The normalized spacial score (nSPS) is 18.8. The van der Waals surface area contributed by atoms with Crippen LogP contribution in [0.4, 0.5) is 0 Å². The van der Waals surface area contributed by atoms with E-state index in [1.807, 2.05) is 12.1 Å². The van der Waals surface area contributed by atoms with E-state index in [0.717, 1.165) is 11.5 Å². The van der Waals surface area contributed by atoms with Crippen LogP contribution in [0.2, 0.25) is 5.02 Å². The highest BCUT2D eigenvalue weighted by molar-refractivity contribution is 6.32. The standard InChI is InChI=1S/C15H22ClNO/c1-11(12-6-3-2-4-7-12)17-10-13-8-5-9-14(16)15(13)18/h5,8-9,11-12,17-18H,2-4,6-7,10H2,1H3/t11-/m0/s1. The van der Waals surface area contributed by atoms with Crippen LogP contribution in [-0.4, -0.2) is 11.1 Å². The predicted molar refractivity (Wildman–Crippen MR) is 76.0 cm³/mol. The quantitative estimate of drug-likeness (QED) is 0.861. The Kier molecular flexibility index (Phi) is 4.90. The van der Waals surface area contributed by atoms with Crippen LogP contribution in [0.1, 0.15) is 44.6 Å². The van der Waals surface area contributed by atoms with Crippen molar-refractivity contribution in [2.75, 3.05) is 0 Å². The molecule has 100 valence electrons. The highest BCUT2D eigenvalue weighted by Gasteiger charge is 2.19. The van der Waals surface area contributed by atoms with Crippen LogP contribution >= 0.6 is 11.6 Å². The second-order valence-corrected chi connectivity index (χ2v) is 5.72. The van der Waals surface area contributed by atoms with Crippen LogP contribution < -0.4 is 5.32 Å². The van der Waals surface area contributed by atoms with Crippen molar-refractivity contribution in [1.82, 2.24) is 5.32 Å². The van der Waals surface area contributed by atoms with Gasteiger partial charge in [-0.1, -0.05) is 43.0 Å². The number of hydrogen-bond acceptors (Lipinski definition) is 2. The molecule has 0 radical (unpaired) electrons. The van der Waals surface area contributed by atoms with Crippen LogP contribution in [-0.2, 0) is 6.54 Å². The fraction of sp³-hybridized carbons (Fsp3) is 0.600. The average molecular weight is 268 g/mol. The number of rotatable bonds is 4. The third-order valence-electron chi connectivity index (χ3n) is 4.04. The van der Waals surface area contributed by atoms with Gasteiger partial charge >= 0.3 is 0 Å². The van der Waals surface area contributed by atoms with Crippen LogP contribution in [0, 0.1) is 5.92 Å². The Bertz CT molecular complexity index is 388. The first-order valence-corrected chi connectivity index (χ1v) is 7.26. The zero-order valence-electron chi connectivity index (χ0n) is 11.0. The highest BCUT2D eigenvalue weighted by atomic mass is 35.5. The lowest BCUT2D eigenvalue weighted by Crippen LogP contribution is -2.34. The Morgan fingerprint density at radius 2 is 2.06 bits per heavy atom. The summed E-state index contributed by atoms with van der Waals surface area (Å²) in [5.41, 5.74) is 0.880. The number of para-hydroxylation sites is 1. The van der Waals surface area contributed by atoms with Crippen LogP contribution in [0.15, 0.2) is 18.2 Å². The zero-order valence-corrected chi connectivity index (χ0v) is 11.7. The molecule has 1 aliphatic carbocycles. The second kappa shape index (κ2) is 6.44. The minimum Gasteiger partial charge on any atom is -0.506 e. The second-order valence-electron chi connectivity index (χ2n) is 5.32. The van der Waals surface area contributed by atoms with Gasteiger partial charge in [0.15, 0.2) is 0 Å². The lowest BCUT2D eigenvalue weighted by molar-refractivity contribution is 0.280. The molecule has 0 aliphatic heterocycles. The molecular formula is C15H22ClNO. The van der Waals surface area contributed by atoms with E-state index < -0.39 is 0 Å². The van der Waals surface area contributed by atoms with Crippen LogP contribution in [0.25, 0.3) is 0 Å². The Morgan fingerprint density at radius 3 is 2.78 bits per heavy atom. The maximum atomic E-state index is 9.85. The minimum absolute atomic E-state index is 0.211. The smallest absolute Gasteiger partial charge is 0.138 e. The monoisotopic (exact) mass is 267 g/mol. The number of phenolic OH excluding ortho intramolecular Hbond substituents is 1. The number of hydrogen-bond donors (Lipinski definition) is 2. The lowest BCUT2D eigenvalue weighted by Gasteiger charge is -2.28. The molecule has 0 saturated heterocycles. The summed E-state index contributed by atoms with van der Waals surface area (Å²) in [5, 5.41) is 13.8. The molecular weight excluding hydrogens is 246 g/mol. The van der Waals surface area contributed by atoms with E-state index in [4.69, 9.17) is 11.6 Å². The maximum Gasteiger partial charge on any atom is 0.138 e. The lowest BCUT2D eigenvalue weighted by atomic mass is 9.84. The molecule has 2 N–H and O–H groups in total. The van der Waals surface area contributed by atoms with E-state index in [-0.39, 0.29) is 5.75 Å². The van der Waals surface area contributed by atoms with Gasteiger partial charge in [0.05, 0.1) is 5.02 Å². The topological polar surface area (TPSA) is 32.3 Å². The van der Waals surface area contributed by atoms with Gasteiger partial charge in [-0.15, -0.1) is 0 Å². The molecule has 1 atom stereocenters. The van der Waals surface area contributed by atoms with E-state index in [0.29, 0.717) is 17.6 Å². The van der Waals surface area contributed by atoms with Gasteiger partial charge in [0.1, 0.15) is 5.75 Å². The average Bonchev–Trinajstić information content (AvgIpc) is 2.41. The molecule has 3 heteroatoms. The fourth-order valence-electron chi connectivity index (χ4n) is 2.77. The summed E-state index contributed by atoms with van der Waals surface area (Å²) < 4.78 is 0. The van der Waals surface area contributed by atoms with E-state index in [2.05, 4.69) is 12.2 Å². The van der Waals surface area contributed by atoms with Crippen molar-refractivity contribution >= 4 is 11.6 Å². The van der Waals surface area contributed by atoms with Gasteiger partial charge in [-0.2, -0.15) is 0 Å². The molecule has 0 amide bonds. The molecule has 2 nitrogen and oxygen atoms in total. The van der Waals surface area contributed by atoms with Gasteiger partial charge < -0.3 is 10.4 Å². The first-order chi connectivity index (χ1) is 8.68. The van der Waals surface area contributed by atoms with Crippen molar-refractivity contribution in [2.24, 2.45) is 5.92 Å². The Morgan fingerprint density at radius 1 is 1.33 bits per heavy atom. The number of phenols is 1. The maximum absolute atomic E-state index is 9.85. The molecule has 1 aromatic carbocycles. The van der Waals surface area contributed by atoms with Crippen molar-refractivity contribution in [3.63, 3.8) is 0 Å². The summed E-state index contributed by atoms with van der Waals surface area (Å²) in [6, 6.07) is 6.01. The summed E-state index contributed by atoms with van der Waals surface area (Å²) in [5.74, 6) is 0.989. The zero-order chi connectivity index (χ0) is 13.0. The molecule has 1 fully saturated rings. The third-order valence-corrected chi connectivity index (χ3v) is 4.35. The molecule has 18 heavy (non-hydrogen) atoms. The molecule has 1 aromatic rings. The first-order valence-electron chi connectivity index (χ1n) is 6.88. The van der Waals surface area contributed by atoms with E-state index in [1.165, 1.54) is 32.1 Å². The van der Waals surface area contributed by atoms with Gasteiger partial charge in [-0.3, -0.25) is 0 Å². The summed E-state index contributed by atoms with van der Waals surface area (Å²) >= 11 is 5.90. The van der Waals surface area contributed by atoms with Crippen molar-refractivity contribution in [1.29, 1.82) is 0 Å². The Balaban J connectivity index is 1.88. The third kappa shape index (κ3) is 3.39. The van der Waals surface area contributed by atoms with Crippen molar-refractivity contribution < 1.29 is 5.11 Å². The van der Waals surface area contributed by atoms with Gasteiger partial charge in [0.2, 0.25) is 0 Å². The fourth-order valence-corrected chi connectivity index (χ4v) is 2.97. The van der Waals surface area contributed by atoms with E-state index in [1.54, 1.807) is 6.07 Å². The van der Waals surface area contributed by atoms with Gasteiger partial charge in [-0.05, 0) is 31.7 Å². The van der Waals surface area contributed by atoms with Gasteiger partial charge in [0.25, 0.3) is 0 Å². The summed E-state index contributed by atoms with van der Waals surface area (Å²) in [6.45, 7) is 2.93. The summed E-state index contributed by atoms with van der Waals surface area (Å²) in [7, 11) is 0. The highest BCUT2D eigenvalue weighted by Crippen LogP contribution is 2.28. The number of aromatic hydroxyl groups is 1. The number of nitrogens with one attached hydrogen (secondary N) is 1. The van der Waals surface area contributed by atoms with Crippen molar-refractivity contribution in [2.45, 2.75) is 51.6 Å². The van der Waals surface area contributed by atoms with Gasteiger partial charge in [-0.25, -0.2) is 0 Å². The largest absolute Gasteiger partial charge is 0.506 e. The molecule has 0 unspecified atom stereocenters. The first kappa shape index (κ1) is 13.7. The predicted octanol–water partition coefficient (Wildman–Crippen LogP) is 4.10. The molecule has 2 rings (SSSR count). The summed E-state index contributed by atoms with van der Waals surface area (Å²) in [4.78, 5) is 0. The van der Waals surface area contributed by atoms with Crippen molar-refractivity contribution in [3.8, 4) is 5.75 Å². The SMILES string of the molecule is C[C@H](NCc1cccc(Cl)c1O)C1CCCCC1. The van der Waals surface area contributed by atoms with Crippen LogP contribution in [0.3, 0.4) is 0 Å². The van der Waals surface area contributed by atoms with E-state index in [9.17, 15) is 5.11 Å². The molecule has 0 spiro atoms. The van der Waals surface area contributed by atoms with Crippen LogP contribution in [0.5, 0.6) is 5.75 Å². The molecule has 0 aromatic heterocycles. The molecule has 0 bridgehead atoms. The Hall–Kier alpha value is -0.730. The molecule has 0 heterocycles. The number of benzene rings is 1. The summed E-state index contributed by atoms with van der Waals surface area (Å²) in [6.07, 6.45) is 6.77. The van der Waals surface area contributed by atoms with Gasteiger partial charge in [0, 0.05) is 18.2 Å². The van der Waals surface area contributed by atoms with E-state index >= 15 is 0 Å².